The molecule has 1 aromatic heterocycles. The zero-order chi connectivity index (χ0) is 18.9. The van der Waals surface area contributed by atoms with Crippen LogP contribution >= 0.6 is 0 Å². The number of hydrogen-bond donors (Lipinski definition) is 0. The summed E-state index contributed by atoms with van der Waals surface area (Å²) in [5.41, 5.74) is 2.10. The Morgan fingerprint density at radius 3 is 2.61 bits per heavy atom. The van der Waals surface area contributed by atoms with Gasteiger partial charge in [0.1, 0.15) is 0 Å². The molecule has 0 radical (unpaired) electrons. The molecule has 3 aromatic rings. The van der Waals surface area contributed by atoms with Crippen molar-refractivity contribution >= 4 is 10.9 Å². The summed E-state index contributed by atoms with van der Waals surface area (Å²) in [4.78, 5) is 16.8. The highest BCUT2D eigenvalue weighted by atomic mass is 16.7. The summed E-state index contributed by atoms with van der Waals surface area (Å²) in [5, 5.41) is 5.06. The minimum Gasteiger partial charge on any atom is -0.454 e. The Morgan fingerprint density at radius 2 is 1.71 bits per heavy atom. The van der Waals surface area contributed by atoms with E-state index in [0.717, 1.165) is 55.1 Å². The zero-order valence-electron chi connectivity index (χ0n) is 15.6. The molecule has 144 valence electrons. The van der Waals surface area contributed by atoms with Gasteiger partial charge < -0.3 is 9.47 Å². The number of nitrogens with zero attached hydrogens (tertiary/aromatic N) is 4. The van der Waals surface area contributed by atoms with Gasteiger partial charge in [-0.15, -0.1) is 0 Å². The quantitative estimate of drug-likeness (QED) is 0.691. The Morgan fingerprint density at radius 1 is 0.929 bits per heavy atom. The Balaban J connectivity index is 1.22. The van der Waals surface area contributed by atoms with Crippen molar-refractivity contribution in [3.63, 3.8) is 0 Å². The molecule has 0 N–H and O–H groups in total. The highest BCUT2D eigenvalue weighted by Gasteiger charge is 2.19. The van der Waals surface area contributed by atoms with Gasteiger partial charge in [0.2, 0.25) is 12.2 Å². The molecule has 2 aliphatic heterocycles. The van der Waals surface area contributed by atoms with Gasteiger partial charge in [-0.1, -0.05) is 18.2 Å². The van der Waals surface area contributed by atoms with Crippen molar-refractivity contribution in [3.8, 4) is 11.5 Å². The summed E-state index contributed by atoms with van der Waals surface area (Å²) in [6.07, 6.45) is 1.41. The van der Waals surface area contributed by atoms with Crippen molar-refractivity contribution < 1.29 is 9.47 Å². The molecule has 2 aromatic carbocycles. The molecule has 0 saturated carbocycles. The second-order valence-corrected chi connectivity index (χ2v) is 7.25. The average Bonchev–Trinajstić information content (AvgIpc) is 3.20. The van der Waals surface area contributed by atoms with E-state index in [2.05, 4.69) is 27.0 Å². The average molecular weight is 378 g/mol. The lowest BCUT2D eigenvalue weighted by Crippen LogP contribution is -2.46. The maximum absolute atomic E-state index is 12.0. The first-order valence-corrected chi connectivity index (χ1v) is 9.54. The maximum Gasteiger partial charge on any atom is 0.231 e. The molecular formula is C21H22N4O3. The number of para-hydroxylation sites is 1. The molecule has 0 bridgehead atoms. The second kappa shape index (κ2) is 7.26. The van der Waals surface area contributed by atoms with E-state index in [-0.39, 0.29) is 5.43 Å². The predicted molar refractivity (Wildman–Crippen MR) is 105 cm³/mol. The molecule has 0 amide bonds. The van der Waals surface area contributed by atoms with Crippen LogP contribution in [0.3, 0.4) is 0 Å². The van der Waals surface area contributed by atoms with Crippen LogP contribution in [0.1, 0.15) is 5.56 Å². The lowest BCUT2D eigenvalue weighted by Gasteiger charge is -2.34. The molecule has 0 atom stereocenters. The van der Waals surface area contributed by atoms with Crippen molar-refractivity contribution in [3.05, 3.63) is 64.4 Å². The summed E-state index contributed by atoms with van der Waals surface area (Å²) < 4.78 is 12.8. The van der Waals surface area contributed by atoms with Crippen LogP contribution in [0.15, 0.2) is 53.5 Å². The van der Waals surface area contributed by atoms with Crippen LogP contribution < -0.4 is 14.9 Å². The molecule has 7 heteroatoms. The molecule has 0 unspecified atom stereocenters. The van der Waals surface area contributed by atoms with Crippen LogP contribution in [0.4, 0.5) is 0 Å². The summed E-state index contributed by atoms with van der Waals surface area (Å²) in [6.45, 7) is 5.83. The lowest BCUT2D eigenvalue weighted by atomic mass is 10.1. The molecule has 7 nitrogen and oxygen atoms in total. The van der Waals surface area contributed by atoms with E-state index < -0.39 is 0 Å². The number of piperazine rings is 1. The van der Waals surface area contributed by atoms with Gasteiger partial charge in [0, 0.05) is 38.1 Å². The van der Waals surface area contributed by atoms with E-state index in [1.54, 1.807) is 0 Å². The van der Waals surface area contributed by atoms with E-state index in [4.69, 9.17) is 9.47 Å². The van der Waals surface area contributed by atoms with E-state index in [1.165, 1.54) is 11.8 Å². The third-order valence-electron chi connectivity index (χ3n) is 5.40. The Hall–Kier alpha value is -2.90. The number of rotatable bonds is 4. The standard InChI is InChI=1S/C21H22N4O3/c26-19-12-22-25(18-4-2-1-3-17(18)19)14-24-9-7-23(8-10-24)13-16-5-6-20-21(11-16)28-15-27-20/h1-6,11-12H,7-10,13-15H2. The van der Waals surface area contributed by atoms with Crippen molar-refractivity contribution in [1.29, 1.82) is 0 Å². The number of fused-ring (bicyclic) bond motifs is 2. The van der Waals surface area contributed by atoms with Crippen LogP contribution in [0.2, 0.25) is 0 Å². The molecule has 2 aliphatic rings. The zero-order valence-corrected chi connectivity index (χ0v) is 15.6. The highest BCUT2D eigenvalue weighted by molar-refractivity contribution is 5.77. The number of hydrogen-bond acceptors (Lipinski definition) is 6. The molecule has 3 heterocycles. The largest absolute Gasteiger partial charge is 0.454 e. The van der Waals surface area contributed by atoms with Crippen molar-refractivity contribution in [2.24, 2.45) is 0 Å². The van der Waals surface area contributed by atoms with Gasteiger partial charge in [0.15, 0.2) is 11.5 Å². The van der Waals surface area contributed by atoms with Crippen LogP contribution in [0.5, 0.6) is 11.5 Å². The molecule has 0 spiro atoms. The van der Waals surface area contributed by atoms with Gasteiger partial charge >= 0.3 is 0 Å². The molecule has 1 fully saturated rings. The summed E-state index contributed by atoms with van der Waals surface area (Å²) in [5.74, 6) is 1.67. The molecule has 1 saturated heterocycles. The Kier molecular flexibility index (Phi) is 4.46. The fourth-order valence-corrected chi connectivity index (χ4v) is 3.85. The highest BCUT2D eigenvalue weighted by Crippen LogP contribution is 2.32. The third kappa shape index (κ3) is 3.34. The Labute approximate surface area is 162 Å². The van der Waals surface area contributed by atoms with Crippen molar-refractivity contribution in [2.45, 2.75) is 13.2 Å². The van der Waals surface area contributed by atoms with E-state index in [0.29, 0.717) is 13.5 Å². The smallest absolute Gasteiger partial charge is 0.231 e. The van der Waals surface area contributed by atoms with Gasteiger partial charge in [-0.05, 0) is 29.8 Å². The molecule has 28 heavy (non-hydrogen) atoms. The molecule has 5 rings (SSSR count). The summed E-state index contributed by atoms with van der Waals surface area (Å²) >= 11 is 0. The number of aromatic nitrogens is 2. The fourth-order valence-electron chi connectivity index (χ4n) is 3.85. The normalized spacial score (nSPS) is 17.3. The van der Waals surface area contributed by atoms with Gasteiger partial charge in [-0.2, -0.15) is 5.10 Å². The van der Waals surface area contributed by atoms with Gasteiger partial charge in [-0.25, -0.2) is 0 Å². The van der Waals surface area contributed by atoms with Gasteiger partial charge in [0.25, 0.3) is 0 Å². The predicted octanol–water partition coefficient (Wildman–Crippen LogP) is 1.90. The molecular weight excluding hydrogens is 356 g/mol. The van der Waals surface area contributed by atoms with Gasteiger partial charge in [0.05, 0.1) is 18.4 Å². The van der Waals surface area contributed by atoms with E-state index in [1.807, 2.05) is 35.0 Å². The first-order chi connectivity index (χ1) is 13.8. The number of ether oxygens (including phenoxy) is 2. The Bertz CT molecular complexity index is 1060. The fraction of sp³-hybridized carbons (Fsp3) is 0.333. The van der Waals surface area contributed by atoms with Gasteiger partial charge in [-0.3, -0.25) is 19.3 Å². The van der Waals surface area contributed by atoms with Crippen LogP contribution in [-0.2, 0) is 13.2 Å². The maximum atomic E-state index is 12.0. The summed E-state index contributed by atoms with van der Waals surface area (Å²) in [6, 6.07) is 13.8. The van der Waals surface area contributed by atoms with Crippen molar-refractivity contribution in [1.82, 2.24) is 19.6 Å². The monoisotopic (exact) mass is 378 g/mol. The lowest BCUT2D eigenvalue weighted by molar-refractivity contribution is 0.0998. The SMILES string of the molecule is O=c1cnn(CN2CCN(Cc3ccc4c(c3)OCO4)CC2)c2ccccc12. The number of benzene rings is 2. The second-order valence-electron chi connectivity index (χ2n) is 7.25. The third-order valence-corrected chi connectivity index (χ3v) is 5.40. The van der Waals surface area contributed by atoms with E-state index in [9.17, 15) is 4.79 Å². The van der Waals surface area contributed by atoms with Crippen molar-refractivity contribution in [2.75, 3.05) is 33.0 Å². The minimum absolute atomic E-state index is 0.0274. The summed E-state index contributed by atoms with van der Waals surface area (Å²) in [7, 11) is 0. The minimum atomic E-state index is -0.0274. The molecule has 0 aliphatic carbocycles. The first kappa shape index (κ1) is 17.2. The van der Waals surface area contributed by atoms with E-state index >= 15 is 0 Å². The van der Waals surface area contributed by atoms with Crippen LogP contribution in [0.25, 0.3) is 10.9 Å². The first-order valence-electron chi connectivity index (χ1n) is 9.54. The van der Waals surface area contributed by atoms with Crippen LogP contribution in [0, 0.1) is 0 Å². The van der Waals surface area contributed by atoms with Crippen LogP contribution in [-0.4, -0.2) is 52.6 Å². The topological polar surface area (TPSA) is 59.8 Å².